The van der Waals surface area contributed by atoms with E-state index in [2.05, 4.69) is 0 Å². The summed E-state index contributed by atoms with van der Waals surface area (Å²) < 4.78 is 0. The molecule has 0 atom stereocenters. The first-order valence-corrected chi connectivity index (χ1v) is 2.94. The fourth-order valence-corrected chi connectivity index (χ4v) is 0.731. The van der Waals surface area contributed by atoms with E-state index in [1.54, 1.807) is 24.3 Å². The van der Waals surface area contributed by atoms with Crippen molar-refractivity contribution in [3.8, 4) is 6.07 Å². The van der Waals surface area contributed by atoms with Crippen LogP contribution in [0.1, 0.15) is 11.1 Å². The minimum atomic E-state index is -0.254. The fraction of sp³-hybridized carbons (Fsp3) is 0.125. The Bertz CT molecular complexity index is 267. The van der Waals surface area contributed by atoms with Crippen LogP contribution in [0.25, 0.3) is 0 Å². The molecule has 0 bridgehead atoms. The number of benzene rings is 1. The second kappa shape index (κ2) is 4.99. The molecule has 0 saturated carbocycles. The first-order chi connectivity index (χ1) is 4.86. The van der Waals surface area contributed by atoms with E-state index in [0.717, 1.165) is 0 Å². The van der Waals surface area contributed by atoms with Crippen LogP contribution < -0.4 is 24.0 Å². The Hall–Kier alpha value is -0.733. The zero-order valence-corrected chi connectivity index (χ0v) is 6.37. The molecule has 11 heavy (non-hydrogen) atoms. The molecule has 0 unspecified atom stereocenters. The van der Waals surface area contributed by atoms with Gasteiger partial charge in [0.15, 0.2) is 0 Å². The van der Waals surface area contributed by atoms with Gasteiger partial charge in [-0.15, -0.1) is 6.61 Å². The van der Waals surface area contributed by atoms with Gasteiger partial charge in [-0.2, -0.15) is 5.26 Å². The van der Waals surface area contributed by atoms with Gasteiger partial charge in [-0.1, -0.05) is 17.7 Å². The van der Waals surface area contributed by atoms with Crippen molar-refractivity contribution in [1.29, 1.82) is 5.26 Å². The second-order valence-electron chi connectivity index (χ2n) is 1.96. The van der Waals surface area contributed by atoms with Crippen molar-refractivity contribution in [3.05, 3.63) is 35.4 Å². The normalized spacial score (nSPS) is 8.00. The van der Waals surface area contributed by atoms with Crippen molar-refractivity contribution in [1.82, 2.24) is 0 Å². The smallest absolute Gasteiger partial charge is 0.851 e. The predicted molar refractivity (Wildman–Crippen MR) is 34.9 cm³/mol. The van der Waals surface area contributed by atoms with Crippen LogP contribution >= 0.6 is 0 Å². The third-order valence-electron chi connectivity index (χ3n) is 1.22. The summed E-state index contributed by atoms with van der Waals surface area (Å²) in [6.45, 7) is -0.254. The molecule has 50 valence electrons. The third-order valence-corrected chi connectivity index (χ3v) is 1.22. The van der Waals surface area contributed by atoms with E-state index in [9.17, 15) is 5.11 Å². The van der Waals surface area contributed by atoms with Crippen molar-refractivity contribution in [2.75, 3.05) is 0 Å². The molecule has 0 amide bonds. The van der Waals surface area contributed by atoms with Crippen LogP contribution in [-0.2, 0) is 6.61 Å². The molecule has 0 radical (unpaired) electrons. The maximum absolute atomic E-state index is 10.3. The quantitative estimate of drug-likeness (QED) is 0.401. The molecule has 0 spiro atoms. The van der Waals surface area contributed by atoms with Gasteiger partial charge in [0.25, 0.3) is 0 Å². The summed E-state index contributed by atoms with van der Waals surface area (Å²) in [6, 6.07) is 8.68. The number of nitriles is 1. The Kier molecular flexibility index (Phi) is 4.66. The summed E-state index contributed by atoms with van der Waals surface area (Å²) in [5.41, 5.74) is 1.22. The Morgan fingerprint density at radius 1 is 1.45 bits per heavy atom. The molecule has 1 rings (SSSR count). The van der Waals surface area contributed by atoms with Crippen molar-refractivity contribution >= 4 is 0 Å². The molecular weight excluding hydrogens is 133 g/mol. The van der Waals surface area contributed by atoms with Crippen LogP contribution in [-0.4, -0.2) is 0 Å². The molecule has 1 aromatic rings. The summed E-state index contributed by atoms with van der Waals surface area (Å²) >= 11 is 0. The van der Waals surface area contributed by atoms with Crippen LogP contribution in [0.2, 0.25) is 0 Å². The standard InChI is InChI=1S/C8H6NO.Li/c9-5-7-2-1-3-8(4-7)6-10;/h1-4H,6H2;/q-1;+1. The van der Waals surface area contributed by atoms with Crippen LogP contribution in [0.3, 0.4) is 0 Å². The van der Waals surface area contributed by atoms with Crippen LogP contribution in [0.15, 0.2) is 24.3 Å². The van der Waals surface area contributed by atoms with E-state index >= 15 is 0 Å². The summed E-state index contributed by atoms with van der Waals surface area (Å²) in [7, 11) is 0. The molecule has 1 aromatic carbocycles. The Morgan fingerprint density at radius 3 is 2.73 bits per heavy atom. The minimum absolute atomic E-state index is 0. The number of nitrogens with zero attached hydrogens (tertiary/aromatic N) is 1. The van der Waals surface area contributed by atoms with E-state index in [0.29, 0.717) is 11.1 Å². The number of rotatable bonds is 1. The number of hydrogen-bond acceptors (Lipinski definition) is 2. The Balaban J connectivity index is 0.000001000. The van der Waals surface area contributed by atoms with Crippen molar-refractivity contribution in [3.63, 3.8) is 0 Å². The summed E-state index contributed by atoms with van der Waals surface area (Å²) in [5.74, 6) is 0. The average Bonchev–Trinajstić information content (AvgIpc) is 2.05. The first-order valence-electron chi connectivity index (χ1n) is 2.94. The van der Waals surface area contributed by atoms with Crippen LogP contribution in [0, 0.1) is 11.3 Å². The van der Waals surface area contributed by atoms with Crippen LogP contribution in [0.4, 0.5) is 0 Å². The van der Waals surface area contributed by atoms with Gasteiger partial charge >= 0.3 is 18.9 Å². The van der Waals surface area contributed by atoms with E-state index in [1.165, 1.54) is 0 Å². The van der Waals surface area contributed by atoms with Gasteiger partial charge < -0.3 is 5.11 Å². The Morgan fingerprint density at radius 2 is 2.18 bits per heavy atom. The van der Waals surface area contributed by atoms with Gasteiger partial charge in [0.1, 0.15) is 0 Å². The molecule has 3 heteroatoms. The topological polar surface area (TPSA) is 46.8 Å². The van der Waals surface area contributed by atoms with E-state index in [-0.39, 0.29) is 25.5 Å². The first kappa shape index (κ1) is 10.3. The van der Waals surface area contributed by atoms with Crippen molar-refractivity contribution < 1.29 is 24.0 Å². The SMILES string of the molecule is N#Cc1cccc(C[O-])c1.[Li+]. The van der Waals surface area contributed by atoms with E-state index in [1.807, 2.05) is 6.07 Å². The molecule has 0 aliphatic heterocycles. The predicted octanol–water partition coefficient (Wildman–Crippen LogP) is -2.58. The summed E-state index contributed by atoms with van der Waals surface area (Å²) in [5, 5.41) is 18.7. The molecular formula is C8H6LiNO. The average molecular weight is 139 g/mol. The Labute approximate surface area is 77.6 Å². The van der Waals surface area contributed by atoms with Gasteiger partial charge in [0, 0.05) is 0 Å². The monoisotopic (exact) mass is 139 g/mol. The van der Waals surface area contributed by atoms with Crippen molar-refractivity contribution in [2.24, 2.45) is 0 Å². The fourth-order valence-electron chi connectivity index (χ4n) is 0.731. The van der Waals surface area contributed by atoms with Gasteiger partial charge in [-0.3, -0.25) is 0 Å². The third kappa shape index (κ3) is 2.78. The zero-order chi connectivity index (χ0) is 7.40. The van der Waals surface area contributed by atoms with Gasteiger partial charge in [0.05, 0.1) is 11.6 Å². The molecule has 0 heterocycles. The second-order valence-corrected chi connectivity index (χ2v) is 1.96. The molecule has 0 aliphatic carbocycles. The van der Waals surface area contributed by atoms with Gasteiger partial charge in [-0.25, -0.2) is 0 Å². The van der Waals surface area contributed by atoms with E-state index < -0.39 is 0 Å². The summed E-state index contributed by atoms with van der Waals surface area (Å²) in [4.78, 5) is 0. The largest absolute Gasteiger partial charge is 1.00 e. The van der Waals surface area contributed by atoms with Gasteiger partial charge in [-0.05, 0) is 12.1 Å². The maximum Gasteiger partial charge on any atom is 1.00 e. The number of hydrogen-bond donors (Lipinski definition) is 0. The molecule has 0 saturated heterocycles. The zero-order valence-electron chi connectivity index (χ0n) is 6.37. The van der Waals surface area contributed by atoms with Gasteiger partial charge in [0.2, 0.25) is 0 Å². The van der Waals surface area contributed by atoms with Crippen molar-refractivity contribution in [2.45, 2.75) is 6.61 Å². The molecule has 0 N–H and O–H groups in total. The van der Waals surface area contributed by atoms with Crippen LogP contribution in [0.5, 0.6) is 0 Å². The molecule has 0 aliphatic rings. The maximum atomic E-state index is 10.3. The van der Waals surface area contributed by atoms with E-state index in [4.69, 9.17) is 5.26 Å². The summed E-state index contributed by atoms with van der Waals surface area (Å²) in [6.07, 6.45) is 0. The molecule has 0 aromatic heterocycles. The minimum Gasteiger partial charge on any atom is -0.851 e. The molecule has 0 fully saturated rings. The molecule has 2 nitrogen and oxygen atoms in total.